The lowest BCUT2D eigenvalue weighted by Crippen LogP contribution is -2.41. The average Bonchev–Trinajstić information content (AvgIpc) is 3.03. The van der Waals surface area contributed by atoms with Crippen molar-refractivity contribution >= 4 is 41.1 Å². The predicted molar refractivity (Wildman–Crippen MR) is 85.8 cm³/mol. The van der Waals surface area contributed by atoms with Gasteiger partial charge >= 0.3 is 12.0 Å². The number of hydrogen-bond donors (Lipinski definition) is 2. The van der Waals surface area contributed by atoms with Crippen LogP contribution in [0.3, 0.4) is 0 Å². The Bertz CT molecular complexity index is 726. The molecule has 0 fully saturated rings. The Morgan fingerprint density at radius 3 is 2.46 bits per heavy atom. The maximum atomic E-state index is 11.8. The van der Waals surface area contributed by atoms with E-state index in [0.717, 1.165) is 0 Å². The molecule has 24 heavy (non-hydrogen) atoms. The molecule has 2 N–H and O–H groups in total. The molecule has 126 valence electrons. The molecule has 0 aliphatic heterocycles. The van der Waals surface area contributed by atoms with Crippen LogP contribution in [-0.2, 0) is 16.1 Å². The normalized spacial score (nSPS) is 10.1. The third-order valence-corrected chi connectivity index (χ3v) is 3.13. The summed E-state index contributed by atoms with van der Waals surface area (Å²) in [6.07, 6.45) is 1.46. The van der Waals surface area contributed by atoms with E-state index in [0.29, 0.717) is 5.76 Å². The minimum atomic E-state index is -0.787. The highest BCUT2D eigenvalue weighted by molar-refractivity contribution is 6.35. The van der Waals surface area contributed by atoms with Crippen LogP contribution in [0, 0.1) is 0 Å². The zero-order chi connectivity index (χ0) is 17.5. The van der Waals surface area contributed by atoms with Crippen molar-refractivity contribution in [2.24, 2.45) is 0 Å². The minimum Gasteiger partial charge on any atom is -0.467 e. The van der Waals surface area contributed by atoms with E-state index < -0.39 is 24.5 Å². The van der Waals surface area contributed by atoms with Crippen LogP contribution in [-0.4, -0.2) is 24.5 Å². The average molecular weight is 371 g/mol. The monoisotopic (exact) mass is 370 g/mol. The Labute approximate surface area is 146 Å². The van der Waals surface area contributed by atoms with E-state index in [1.165, 1.54) is 24.5 Å². The fraction of sp³-hybridized carbons (Fsp3) is 0.133. The van der Waals surface area contributed by atoms with Crippen LogP contribution in [0.5, 0.6) is 0 Å². The van der Waals surface area contributed by atoms with Crippen LogP contribution < -0.4 is 10.6 Å². The number of carbonyl (C=O) groups excluding carboxylic acids is 3. The molecule has 7 nitrogen and oxygen atoms in total. The van der Waals surface area contributed by atoms with Crippen LogP contribution in [0.2, 0.25) is 10.0 Å². The van der Waals surface area contributed by atoms with Gasteiger partial charge in [-0.3, -0.25) is 10.1 Å². The molecular weight excluding hydrogens is 359 g/mol. The molecule has 0 radical (unpaired) electrons. The van der Waals surface area contributed by atoms with Crippen LogP contribution in [0.1, 0.15) is 16.1 Å². The van der Waals surface area contributed by atoms with Gasteiger partial charge in [0, 0.05) is 10.0 Å². The number of urea groups is 1. The van der Waals surface area contributed by atoms with E-state index in [2.05, 4.69) is 5.32 Å². The van der Waals surface area contributed by atoms with E-state index in [-0.39, 0.29) is 22.2 Å². The fourth-order valence-electron chi connectivity index (χ4n) is 1.67. The van der Waals surface area contributed by atoms with Crippen molar-refractivity contribution < 1.29 is 23.5 Å². The number of benzene rings is 1. The van der Waals surface area contributed by atoms with Crippen molar-refractivity contribution in [2.45, 2.75) is 6.54 Å². The zero-order valence-electron chi connectivity index (χ0n) is 12.2. The highest BCUT2D eigenvalue weighted by Crippen LogP contribution is 2.19. The molecule has 1 aromatic carbocycles. The van der Waals surface area contributed by atoms with Crippen LogP contribution >= 0.6 is 23.2 Å². The van der Waals surface area contributed by atoms with Crippen molar-refractivity contribution in [3.63, 3.8) is 0 Å². The second kappa shape index (κ2) is 8.37. The third kappa shape index (κ3) is 5.60. The predicted octanol–water partition coefficient (Wildman–Crippen LogP) is 2.77. The summed E-state index contributed by atoms with van der Waals surface area (Å²) in [5.41, 5.74) is 0.0996. The van der Waals surface area contributed by atoms with Gasteiger partial charge in [-0.05, 0) is 30.3 Å². The molecule has 1 aromatic heterocycles. The summed E-state index contributed by atoms with van der Waals surface area (Å²) in [6.45, 7) is -0.510. The van der Waals surface area contributed by atoms with Gasteiger partial charge in [0.05, 0.1) is 18.4 Å². The van der Waals surface area contributed by atoms with Gasteiger partial charge in [0.2, 0.25) is 0 Å². The van der Waals surface area contributed by atoms with Crippen LogP contribution in [0.25, 0.3) is 0 Å². The lowest BCUT2D eigenvalue weighted by atomic mass is 10.2. The Morgan fingerprint density at radius 2 is 1.83 bits per heavy atom. The SMILES string of the molecule is O=C(COC(=O)c1cc(Cl)cc(Cl)c1)NC(=O)NCc1ccco1. The summed E-state index contributed by atoms with van der Waals surface area (Å²) in [4.78, 5) is 34.8. The summed E-state index contributed by atoms with van der Waals surface area (Å²) in [7, 11) is 0. The molecule has 0 saturated heterocycles. The minimum absolute atomic E-state index is 0.0996. The smallest absolute Gasteiger partial charge is 0.338 e. The number of esters is 1. The number of ether oxygens (including phenoxy) is 1. The van der Waals surface area contributed by atoms with Crippen molar-refractivity contribution in [3.8, 4) is 0 Å². The molecular formula is C15H12Cl2N2O5. The number of amides is 3. The molecule has 0 spiro atoms. The molecule has 0 saturated carbocycles. The zero-order valence-corrected chi connectivity index (χ0v) is 13.7. The lowest BCUT2D eigenvalue weighted by molar-refractivity contribution is -0.123. The Morgan fingerprint density at radius 1 is 1.12 bits per heavy atom. The van der Waals surface area contributed by atoms with Crippen molar-refractivity contribution in [1.29, 1.82) is 0 Å². The number of imide groups is 1. The first-order valence-corrected chi connectivity index (χ1v) is 7.43. The van der Waals surface area contributed by atoms with Gasteiger partial charge in [0.15, 0.2) is 6.61 Å². The first-order valence-electron chi connectivity index (χ1n) is 6.67. The Balaban J connectivity index is 1.75. The molecule has 0 aliphatic rings. The Kier molecular flexibility index (Phi) is 6.22. The summed E-state index contributed by atoms with van der Waals surface area (Å²) < 4.78 is 9.80. The van der Waals surface area contributed by atoms with Crippen LogP contribution in [0.15, 0.2) is 41.0 Å². The molecule has 0 bridgehead atoms. The van der Waals surface area contributed by atoms with E-state index in [9.17, 15) is 14.4 Å². The quantitative estimate of drug-likeness (QED) is 0.788. The number of nitrogens with one attached hydrogen (secondary N) is 2. The molecule has 9 heteroatoms. The summed E-state index contributed by atoms with van der Waals surface area (Å²) >= 11 is 11.5. The maximum absolute atomic E-state index is 11.8. The van der Waals surface area contributed by atoms with Gasteiger partial charge in [-0.25, -0.2) is 9.59 Å². The van der Waals surface area contributed by atoms with E-state index in [1.54, 1.807) is 12.1 Å². The highest BCUT2D eigenvalue weighted by atomic mass is 35.5. The summed E-state index contributed by atoms with van der Waals surface area (Å²) in [5, 5.41) is 4.94. The van der Waals surface area contributed by atoms with E-state index in [1.807, 2.05) is 5.32 Å². The van der Waals surface area contributed by atoms with Crippen molar-refractivity contribution in [3.05, 3.63) is 58.0 Å². The number of rotatable bonds is 5. The number of hydrogen-bond acceptors (Lipinski definition) is 5. The first kappa shape index (κ1) is 17.8. The van der Waals surface area contributed by atoms with Crippen molar-refractivity contribution in [2.75, 3.05) is 6.61 Å². The number of halogens is 2. The second-order valence-corrected chi connectivity index (χ2v) is 5.42. The summed E-state index contributed by atoms with van der Waals surface area (Å²) in [6, 6.07) is 6.75. The summed E-state index contributed by atoms with van der Waals surface area (Å²) in [5.74, 6) is -1.04. The van der Waals surface area contributed by atoms with Gasteiger partial charge < -0.3 is 14.5 Å². The number of furan rings is 1. The van der Waals surface area contributed by atoms with Gasteiger partial charge in [-0.2, -0.15) is 0 Å². The maximum Gasteiger partial charge on any atom is 0.338 e. The standard InChI is InChI=1S/C15H12Cl2N2O5/c16-10-4-9(5-11(17)6-10)14(21)24-8-13(20)19-15(22)18-7-12-2-1-3-23-12/h1-6H,7-8H2,(H2,18,19,20,22). The van der Waals surface area contributed by atoms with Gasteiger partial charge in [0.25, 0.3) is 5.91 Å². The molecule has 0 aliphatic carbocycles. The molecule has 0 atom stereocenters. The highest BCUT2D eigenvalue weighted by Gasteiger charge is 2.13. The molecule has 2 rings (SSSR count). The lowest BCUT2D eigenvalue weighted by Gasteiger charge is -2.07. The van der Waals surface area contributed by atoms with Gasteiger partial charge in [-0.1, -0.05) is 23.2 Å². The topological polar surface area (TPSA) is 97.6 Å². The van der Waals surface area contributed by atoms with E-state index in [4.69, 9.17) is 32.4 Å². The second-order valence-electron chi connectivity index (χ2n) is 4.54. The molecule has 2 aromatic rings. The van der Waals surface area contributed by atoms with Gasteiger partial charge in [0.1, 0.15) is 5.76 Å². The van der Waals surface area contributed by atoms with Crippen LogP contribution in [0.4, 0.5) is 4.79 Å². The van der Waals surface area contributed by atoms with Gasteiger partial charge in [-0.15, -0.1) is 0 Å². The molecule has 3 amide bonds. The molecule has 1 heterocycles. The molecule has 0 unspecified atom stereocenters. The van der Waals surface area contributed by atoms with Crippen molar-refractivity contribution in [1.82, 2.24) is 10.6 Å². The largest absolute Gasteiger partial charge is 0.467 e. The fourth-order valence-corrected chi connectivity index (χ4v) is 2.20. The first-order chi connectivity index (χ1) is 11.4. The third-order valence-electron chi connectivity index (χ3n) is 2.69. The Hall–Kier alpha value is -2.51. The number of carbonyl (C=O) groups is 3. The van der Waals surface area contributed by atoms with E-state index >= 15 is 0 Å².